The van der Waals surface area contributed by atoms with E-state index in [2.05, 4.69) is 12.1 Å². The van der Waals surface area contributed by atoms with Gasteiger partial charge >= 0.3 is 0 Å². The molecule has 114 valence electrons. The number of fused-ring (bicyclic) bond motifs is 1. The van der Waals surface area contributed by atoms with Gasteiger partial charge in [0.15, 0.2) is 0 Å². The van der Waals surface area contributed by atoms with Gasteiger partial charge in [0, 0.05) is 11.1 Å². The third-order valence-corrected chi connectivity index (χ3v) is 4.43. The molecule has 0 saturated heterocycles. The molecule has 0 unspecified atom stereocenters. The van der Waals surface area contributed by atoms with E-state index in [1.165, 1.54) is 0 Å². The zero-order chi connectivity index (χ0) is 17.1. The van der Waals surface area contributed by atoms with Gasteiger partial charge in [0.05, 0.1) is 11.1 Å². The lowest BCUT2D eigenvalue weighted by atomic mass is 9.82. The summed E-state index contributed by atoms with van der Waals surface area (Å²) in [6, 6.07) is 14.7. The SMILES string of the molecule is Cc1c(C)c(C#N)c2c(c1C#N)\C=C/C=C\C=C/2c1ccccc1. The van der Waals surface area contributed by atoms with Gasteiger partial charge in [0.25, 0.3) is 0 Å². The summed E-state index contributed by atoms with van der Waals surface area (Å²) in [5, 5.41) is 19.5. The molecule has 3 rings (SSSR count). The number of hydrogen-bond donors (Lipinski definition) is 0. The van der Waals surface area contributed by atoms with Crippen LogP contribution in [0.3, 0.4) is 0 Å². The number of rotatable bonds is 1. The molecule has 0 saturated carbocycles. The molecular weight excluding hydrogens is 292 g/mol. The molecule has 2 aromatic rings. The van der Waals surface area contributed by atoms with Crippen molar-refractivity contribution in [2.24, 2.45) is 0 Å². The molecule has 0 radical (unpaired) electrons. The van der Waals surface area contributed by atoms with Gasteiger partial charge in [0.1, 0.15) is 12.1 Å². The molecule has 1 aliphatic carbocycles. The first-order valence-electron chi connectivity index (χ1n) is 7.77. The highest BCUT2D eigenvalue weighted by atomic mass is 14.3. The molecule has 0 N–H and O–H groups in total. The summed E-state index contributed by atoms with van der Waals surface area (Å²) in [6.07, 6.45) is 9.74. The summed E-state index contributed by atoms with van der Waals surface area (Å²) in [6.45, 7) is 3.82. The first-order chi connectivity index (χ1) is 11.7. The van der Waals surface area contributed by atoms with E-state index in [0.717, 1.165) is 33.4 Å². The van der Waals surface area contributed by atoms with Crippen LogP contribution in [0.1, 0.15) is 38.9 Å². The molecule has 0 bridgehead atoms. The molecule has 0 amide bonds. The summed E-state index contributed by atoms with van der Waals surface area (Å²) < 4.78 is 0. The van der Waals surface area contributed by atoms with Gasteiger partial charge in [-0.05, 0) is 36.1 Å². The summed E-state index contributed by atoms with van der Waals surface area (Å²) in [5.74, 6) is 0. The Kier molecular flexibility index (Phi) is 4.15. The Morgan fingerprint density at radius 1 is 0.792 bits per heavy atom. The minimum absolute atomic E-state index is 0.634. The molecular formula is C22H16N2. The lowest BCUT2D eigenvalue weighted by molar-refractivity contribution is 1.25. The van der Waals surface area contributed by atoms with Crippen LogP contribution in [0.2, 0.25) is 0 Å². The molecule has 0 aromatic heterocycles. The van der Waals surface area contributed by atoms with Crippen molar-refractivity contribution < 1.29 is 0 Å². The average Bonchev–Trinajstić information content (AvgIpc) is 2.59. The molecule has 0 heterocycles. The van der Waals surface area contributed by atoms with E-state index in [0.29, 0.717) is 11.1 Å². The fourth-order valence-electron chi connectivity index (χ4n) is 3.06. The van der Waals surface area contributed by atoms with Gasteiger partial charge in [-0.1, -0.05) is 60.7 Å². The van der Waals surface area contributed by atoms with Crippen molar-refractivity contribution in [3.63, 3.8) is 0 Å². The number of hydrogen-bond acceptors (Lipinski definition) is 2. The molecule has 0 aliphatic heterocycles. The van der Waals surface area contributed by atoms with Crippen LogP contribution in [0.25, 0.3) is 11.6 Å². The maximum Gasteiger partial charge on any atom is 0.100 e. The molecule has 0 atom stereocenters. The highest BCUT2D eigenvalue weighted by molar-refractivity contribution is 5.91. The average molecular weight is 308 g/mol. The van der Waals surface area contributed by atoms with Gasteiger partial charge in [-0.2, -0.15) is 10.5 Å². The molecule has 2 aromatic carbocycles. The van der Waals surface area contributed by atoms with E-state index in [-0.39, 0.29) is 0 Å². The molecule has 0 fully saturated rings. The molecule has 2 nitrogen and oxygen atoms in total. The zero-order valence-corrected chi connectivity index (χ0v) is 13.7. The van der Waals surface area contributed by atoms with Crippen LogP contribution < -0.4 is 0 Å². The van der Waals surface area contributed by atoms with Crippen LogP contribution in [-0.4, -0.2) is 0 Å². The first-order valence-corrected chi connectivity index (χ1v) is 7.77. The lowest BCUT2D eigenvalue weighted by Gasteiger charge is -2.19. The Morgan fingerprint density at radius 2 is 1.46 bits per heavy atom. The van der Waals surface area contributed by atoms with Gasteiger partial charge in [-0.25, -0.2) is 0 Å². The van der Waals surface area contributed by atoms with E-state index in [4.69, 9.17) is 0 Å². The molecule has 24 heavy (non-hydrogen) atoms. The maximum absolute atomic E-state index is 9.79. The van der Waals surface area contributed by atoms with Crippen LogP contribution >= 0.6 is 0 Å². The summed E-state index contributed by atoms with van der Waals surface area (Å²) in [4.78, 5) is 0. The monoisotopic (exact) mass is 308 g/mol. The van der Waals surface area contributed by atoms with E-state index in [1.54, 1.807) is 0 Å². The van der Waals surface area contributed by atoms with Crippen LogP contribution in [-0.2, 0) is 0 Å². The second-order valence-electron chi connectivity index (χ2n) is 5.70. The minimum atomic E-state index is 0.634. The maximum atomic E-state index is 9.79. The van der Waals surface area contributed by atoms with Gasteiger partial charge in [0.2, 0.25) is 0 Å². The normalized spacial score (nSPS) is 17.2. The highest BCUT2D eigenvalue weighted by Gasteiger charge is 2.22. The number of allylic oxidation sites excluding steroid dienone is 4. The molecule has 2 heteroatoms. The third kappa shape index (κ3) is 2.45. The fourth-order valence-corrected chi connectivity index (χ4v) is 3.06. The molecule has 0 spiro atoms. The summed E-state index contributed by atoms with van der Waals surface area (Å²) >= 11 is 0. The topological polar surface area (TPSA) is 47.6 Å². The minimum Gasteiger partial charge on any atom is -0.192 e. The zero-order valence-electron chi connectivity index (χ0n) is 13.7. The first kappa shape index (κ1) is 15.5. The van der Waals surface area contributed by atoms with Crippen LogP contribution in [0.4, 0.5) is 0 Å². The van der Waals surface area contributed by atoms with Crippen LogP contribution in [0.5, 0.6) is 0 Å². The predicted molar refractivity (Wildman–Crippen MR) is 97.0 cm³/mol. The summed E-state index contributed by atoms with van der Waals surface area (Å²) in [7, 11) is 0. The van der Waals surface area contributed by atoms with Gasteiger partial charge in [-0.15, -0.1) is 0 Å². The van der Waals surface area contributed by atoms with E-state index in [9.17, 15) is 10.5 Å². The van der Waals surface area contributed by atoms with Gasteiger partial charge in [-0.3, -0.25) is 0 Å². The van der Waals surface area contributed by atoms with Crippen LogP contribution in [0.15, 0.2) is 54.6 Å². The second kappa shape index (κ2) is 6.41. The Labute approximate surface area is 142 Å². The van der Waals surface area contributed by atoms with Crippen molar-refractivity contribution in [2.75, 3.05) is 0 Å². The lowest BCUT2D eigenvalue weighted by Crippen LogP contribution is -2.05. The van der Waals surface area contributed by atoms with Crippen molar-refractivity contribution >= 4 is 11.6 Å². The standard InChI is InChI=1S/C22H16N2/c1-15-16(2)21(14-24)22-18(17-9-5-3-6-10-17)11-7-4-8-12-19(22)20(15)13-23/h3-12H,1-2H3/b7-4-,8-4?,11-7?,12-8-,18-11-,19-12?,22-18?. The van der Waals surface area contributed by atoms with Crippen molar-refractivity contribution in [2.45, 2.75) is 13.8 Å². The van der Waals surface area contributed by atoms with E-state index >= 15 is 0 Å². The molecule has 1 aliphatic rings. The number of nitriles is 2. The number of nitrogens with zero attached hydrogens (tertiary/aromatic N) is 2. The Balaban J connectivity index is 2.47. The summed E-state index contributed by atoms with van der Waals surface area (Å²) in [5.41, 5.74) is 6.65. The predicted octanol–water partition coefficient (Wildman–Crippen LogP) is 5.06. The Hall–Kier alpha value is -3.36. The second-order valence-corrected chi connectivity index (χ2v) is 5.70. The third-order valence-electron chi connectivity index (χ3n) is 4.43. The highest BCUT2D eigenvalue weighted by Crippen LogP contribution is 2.36. The van der Waals surface area contributed by atoms with Crippen molar-refractivity contribution in [3.8, 4) is 12.1 Å². The Morgan fingerprint density at radius 3 is 2.12 bits per heavy atom. The quantitative estimate of drug-likeness (QED) is 0.739. The largest absolute Gasteiger partial charge is 0.192 e. The van der Waals surface area contributed by atoms with E-state index < -0.39 is 0 Å². The smallest absolute Gasteiger partial charge is 0.100 e. The van der Waals surface area contributed by atoms with Gasteiger partial charge < -0.3 is 0 Å². The van der Waals surface area contributed by atoms with Crippen molar-refractivity contribution in [1.29, 1.82) is 10.5 Å². The number of benzene rings is 2. The Bertz CT molecular complexity index is 976. The van der Waals surface area contributed by atoms with Crippen molar-refractivity contribution in [3.05, 3.63) is 93.6 Å². The fraction of sp³-hybridized carbons (Fsp3) is 0.0909. The van der Waals surface area contributed by atoms with Crippen molar-refractivity contribution in [1.82, 2.24) is 0 Å². The van der Waals surface area contributed by atoms with Crippen LogP contribution in [0, 0.1) is 36.5 Å². The van der Waals surface area contributed by atoms with E-state index in [1.807, 2.05) is 74.6 Å².